The number of hydrogen-bond donors (Lipinski definition) is 2. The van der Waals surface area contributed by atoms with Crippen molar-refractivity contribution in [1.29, 1.82) is 0 Å². The molecule has 2 aromatic carbocycles. The van der Waals surface area contributed by atoms with Crippen LogP contribution < -0.4 is 5.73 Å². The molecule has 1 heterocycles. The van der Waals surface area contributed by atoms with Crippen molar-refractivity contribution in [3.05, 3.63) is 48.3 Å². The number of rotatable bonds is 2. The third-order valence-electron chi connectivity index (χ3n) is 4.04. The third kappa shape index (κ3) is 2.00. The lowest BCUT2D eigenvalue weighted by atomic mass is 9.98. The first-order valence-corrected chi connectivity index (χ1v) is 7.06. The number of nitrogens with zero attached hydrogens (tertiary/aromatic N) is 2. The summed E-state index contributed by atoms with van der Waals surface area (Å²) >= 11 is 0. The van der Waals surface area contributed by atoms with Crippen LogP contribution in [0.2, 0.25) is 0 Å². The van der Waals surface area contributed by atoms with Gasteiger partial charge in [0.1, 0.15) is 17.9 Å². The van der Waals surface area contributed by atoms with Crippen LogP contribution in [0, 0.1) is 0 Å². The monoisotopic (exact) mass is 277 g/mol. The van der Waals surface area contributed by atoms with Crippen LogP contribution >= 0.6 is 0 Å². The number of phenols is 1. The van der Waals surface area contributed by atoms with Gasteiger partial charge in [0.2, 0.25) is 0 Å². The predicted molar refractivity (Wildman–Crippen MR) is 83.0 cm³/mol. The Labute approximate surface area is 122 Å². The molecule has 4 nitrogen and oxygen atoms in total. The molecule has 1 aromatic heterocycles. The summed E-state index contributed by atoms with van der Waals surface area (Å²) in [6.07, 6.45) is 3.94. The van der Waals surface area contributed by atoms with Crippen LogP contribution in [0.15, 0.2) is 42.7 Å². The van der Waals surface area contributed by atoms with Gasteiger partial charge < -0.3 is 10.8 Å². The summed E-state index contributed by atoms with van der Waals surface area (Å²) in [5.41, 5.74) is 9.62. The summed E-state index contributed by atoms with van der Waals surface area (Å²) in [7, 11) is 0. The zero-order chi connectivity index (χ0) is 14.4. The zero-order valence-electron chi connectivity index (χ0n) is 11.5. The molecule has 0 amide bonds. The number of aromatic hydroxyl groups is 1. The maximum absolute atomic E-state index is 10.3. The largest absolute Gasteiger partial charge is 0.507 e. The summed E-state index contributed by atoms with van der Waals surface area (Å²) in [5.74, 6) is 1.31. The maximum Gasteiger partial charge on any atom is 0.134 e. The molecular weight excluding hydrogens is 262 g/mol. The third-order valence-corrected chi connectivity index (χ3v) is 4.04. The molecule has 1 saturated carbocycles. The van der Waals surface area contributed by atoms with Gasteiger partial charge in [-0.25, -0.2) is 9.97 Å². The van der Waals surface area contributed by atoms with Gasteiger partial charge in [-0.3, -0.25) is 0 Å². The minimum absolute atomic E-state index is 0.216. The van der Waals surface area contributed by atoms with Gasteiger partial charge in [-0.15, -0.1) is 0 Å². The van der Waals surface area contributed by atoms with Gasteiger partial charge in [0.25, 0.3) is 0 Å². The number of phenolic OH excluding ortho intramolecular Hbond substituents is 1. The average Bonchev–Trinajstić information content (AvgIpc) is 3.32. The van der Waals surface area contributed by atoms with E-state index in [2.05, 4.69) is 22.1 Å². The second-order valence-corrected chi connectivity index (χ2v) is 5.51. The Morgan fingerprint density at radius 3 is 2.76 bits per heavy atom. The van der Waals surface area contributed by atoms with Crippen molar-refractivity contribution in [3.8, 4) is 16.9 Å². The van der Waals surface area contributed by atoms with Crippen molar-refractivity contribution in [3.63, 3.8) is 0 Å². The van der Waals surface area contributed by atoms with E-state index in [1.165, 1.54) is 24.7 Å². The highest BCUT2D eigenvalue weighted by Gasteiger charge is 2.24. The topological polar surface area (TPSA) is 72.0 Å². The van der Waals surface area contributed by atoms with Crippen LogP contribution in [-0.2, 0) is 0 Å². The van der Waals surface area contributed by atoms with Crippen LogP contribution in [0.1, 0.15) is 24.3 Å². The molecule has 0 bridgehead atoms. The molecule has 104 valence electrons. The van der Waals surface area contributed by atoms with Crippen LogP contribution in [0.25, 0.3) is 22.0 Å². The minimum atomic E-state index is 0.216. The van der Waals surface area contributed by atoms with Crippen molar-refractivity contribution in [2.75, 3.05) is 5.73 Å². The zero-order valence-corrected chi connectivity index (χ0v) is 11.5. The first-order chi connectivity index (χ1) is 10.2. The van der Waals surface area contributed by atoms with E-state index < -0.39 is 0 Å². The second-order valence-electron chi connectivity index (χ2n) is 5.51. The fourth-order valence-corrected chi connectivity index (χ4v) is 2.79. The smallest absolute Gasteiger partial charge is 0.134 e. The van der Waals surface area contributed by atoms with Gasteiger partial charge in [-0.1, -0.05) is 24.3 Å². The van der Waals surface area contributed by atoms with E-state index in [1.807, 2.05) is 12.1 Å². The molecule has 3 N–H and O–H groups in total. The van der Waals surface area contributed by atoms with Crippen LogP contribution in [0.4, 0.5) is 5.82 Å². The number of aromatic nitrogens is 2. The summed E-state index contributed by atoms with van der Waals surface area (Å²) in [4.78, 5) is 8.33. The van der Waals surface area contributed by atoms with Crippen LogP contribution in [0.5, 0.6) is 5.75 Å². The molecule has 4 heteroatoms. The van der Waals surface area contributed by atoms with Gasteiger partial charge in [0.15, 0.2) is 0 Å². The minimum Gasteiger partial charge on any atom is -0.507 e. The Hall–Kier alpha value is -2.62. The van der Waals surface area contributed by atoms with Crippen molar-refractivity contribution in [2.24, 2.45) is 0 Å². The lowest BCUT2D eigenvalue weighted by Gasteiger charge is -2.10. The molecule has 0 atom stereocenters. The Balaban J connectivity index is 1.99. The Morgan fingerprint density at radius 1 is 1.10 bits per heavy atom. The highest BCUT2D eigenvalue weighted by atomic mass is 16.3. The van der Waals surface area contributed by atoms with Gasteiger partial charge in [-0.05, 0) is 42.0 Å². The molecule has 1 aliphatic rings. The Morgan fingerprint density at radius 2 is 1.95 bits per heavy atom. The van der Waals surface area contributed by atoms with Crippen molar-refractivity contribution in [2.45, 2.75) is 18.8 Å². The van der Waals surface area contributed by atoms with E-state index in [1.54, 1.807) is 12.1 Å². The number of fused-ring (bicyclic) bond motifs is 1. The lowest BCUT2D eigenvalue weighted by Crippen LogP contribution is -1.95. The molecule has 1 aliphatic carbocycles. The number of nitrogens with two attached hydrogens (primary N) is 1. The van der Waals surface area contributed by atoms with E-state index in [0.29, 0.717) is 17.3 Å². The van der Waals surface area contributed by atoms with Crippen molar-refractivity contribution >= 4 is 16.7 Å². The van der Waals surface area contributed by atoms with Crippen LogP contribution in [0.3, 0.4) is 0 Å². The molecule has 21 heavy (non-hydrogen) atoms. The molecule has 0 unspecified atom stereocenters. The van der Waals surface area contributed by atoms with Gasteiger partial charge in [-0.2, -0.15) is 0 Å². The highest BCUT2D eigenvalue weighted by molar-refractivity contribution is 6.01. The van der Waals surface area contributed by atoms with E-state index in [-0.39, 0.29) is 5.75 Å². The summed E-state index contributed by atoms with van der Waals surface area (Å²) in [6.45, 7) is 0. The lowest BCUT2D eigenvalue weighted by molar-refractivity contribution is 0.478. The molecule has 4 rings (SSSR count). The summed E-state index contributed by atoms with van der Waals surface area (Å²) in [5, 5.41) is 11.1. The summed E-state index contributed by atoms with van der Waals surface area (Å²) in [6, 6.07) is 11.7. The molecule has 0 radical (unpaired) electrons. The number of anilines is 1. The first-order valence-electron chi connectivity index (χ1n) is 7.06. The molecule has 0 spiro atoms. The molecule has 0 saturated heterocycles. The fourth-order valence-electron chi connectivity index (χ4n) is 2.79. The molecule has 3 aromatic rings. The van der Waals surface area contributed by atoms with E-state index in [0.717, 1.165) is 16.5 Å². The summed E-state index contributed by atoms with van der Waals surface area (Å²) < 4.78 is 0. The quantitative estimate of drug-likeness (QED) is 0.752. The van der Waals surface area contributed by atoms with Gasteiger partial charge in [0.05, 0.1) is 11.1 Å². The number of hydrogen-bond acceptors (Lipinski definition) is 4. The first kappa shape index (κ1) is 12.1. The van der Waals surface area contributed by atoms with E-state index >= 15 is 0 Å². The SMILES string of the molecule is Nc1ncnc2c(-c3cccc(C4CC4)c3)c(O)ccc12. The number of benzene rings is 2. The Kier molecular flexibility index (Phi) is 2.57. The van der Waals surface area contributed by atoms with Crippen molar-refractivity contribution < 1.29 is 5.11 Å². The molecular formula is C17H15N3O. The van der Waals surface area contributed by atoms with E-state index in [9.17, 15) is 5.11 Å². The normalized spacial score (nSPS) is 14.5. The standard InChI is InChI=1S/C17H15N3O/c18-17-13-6-7-14(21)15(16(13)19-9-20-17)12-3-1-2-11(8-12)10-4-5-10/h1-3,6-10,21H,4-5H2,(H2,18,19,20). The van der Waals surface area contributed by atoms with Crippen LogP contribution in [-0.4, -0.2) is 15.1 Å². The second kappa shape index (κ2) is 4.45. The van der Waals surface area contributed by atoms with Gasteiger partial charge >= 0.3 is 0 Å². The highest BCUT2D eigenvalue weighted by Crippen LogP contribution is 2.43. The molecule has 0 aliphatic heterocycles. The number of nitrogen functional groups attached to an aromatic ring is 1. The fraction of sp³-hybridized carbons (Fsp3) is 0.176. The molecule has 1 fully saturated rings. The average molecular weight is 277 g/mol. The van der Waals surface area contributed by atoms with Crippen molar-refractivity contribution in [1.82, 2.24) is 9.97 Å². The Bertz CT molecular complexity index is 841. The predicted octanol–water partition coefficient (Wildman–Crippen LogP) is 3.46. The maximum atomic E-state index is 10.3. The van der Waals surface area contributed by atoms with E-state index in [4.69, 9.17) is 5.73 Å². The van der Waals surface area contributed by atoms with Gasteiger partial charge in [0, 0.05) is 5.39 Å².